The van der Waals surface area contributed by atoms with Gasteiger partial charge < -0.3 is 4.90 Å². The van der Waals surface area contributed by atoms with Crippen molar-refractivity contribution in [1.29, 1.82) is 0 Å². The van der Waals surface area contributed by atoms with E-state index in [4.69, 9.17) is 0 Å². The highest BCUT2D eigenvalue weighted by Gasteiger charge is 2.34. The summed E-state index contributed by atoms with van der Waals surface area (Å²) in [6, 6.07) is 20.6. The number of carbonyl (C=O) groups excluding carboxylic acids is 1. The molecule has 0 bridgehead atoms. The van der Waals surface area contributed by atoms with Crippen molar-refractivity contribution in [1.82, 2.24) is 14.5 Å². The van der Waals surface area contributed by atoms with Crippen molar-refractivity contribution >= 4 is 37.3 Å². The Balaban J connectivity index is 1.44. The number of thiophene rings is 1. The van der Waals surface area contributed by atoms with Crippen molar-refractivity contribution in [2.24, 2.45) is 0 Å². The standard InChI is InChI=1S/C25H23N3O4S2/c29-23(28(14-18-7-3-1-4-8-18)20-11-12-34(31,32)16-20)15-27-17-26-24-21(25(27)30)13-22(33-24)19-9-5-2-6-10-19/h1-10,13,17,20H,11-12,14-16H2/t20-/m0/s1. The van der Waals surface area contributed by atoms with E-state index in [1.54, 1.807) is 4.90 Å². The Morgan fingerprint density at radius 3 is 2.47 bits per heavy atom. The summed E-state index contributed by atoms with van der Waals surface area (Å²) in [4.78, 5) is 34.1. The van der Waals surface area contributed by atoms with Gasteiger partial charge in [0.25, 0.3) is 5.56 Å². The minimum absolute atomic E-state index is 0.0529. The Morgan fingerprint density at radius 1 is 1.09 bits per heavy atom. The van der Waals surface area contributed by atoms with Gasteiger partial charge in [-0.2, -0.15) is 0 Å². The van der Waals surface area contributed by atoms with Crippen LogP contribution in [0.15, 0.2) is 77.9 Å². The fourth-order valence-electron chi connectivity index (χ4n) is 4.28. The number of nitrogens with zero attached hydrogens (tertiary/aromatic N) is 3. The van der Waals surface area contributed by atoms with E-state index in [0.29, 0.717) is 23.2 Å². The summed E-state index contributed by atoms with van der Waals surface area (Å²) < 4.78 is 25.5. The van der Waals surface area contributed by atoms with Crippen LogP contribution < -0.4 is 5.56 Å². The van der Waals surface area contributed by atoms with Gasteiger partial charge in [0.1, 0.15) is 11.4 Å². The zero-order chi connectivity index (χ0) is 23.7. The number of aromatic nitrogens is 2. The molecule has 1 fully saturated rings. The molecule has 1 amide bonds. The summed E-state index contributed by atoms with van der Waals surface area (Å²) in [7, 11) is -3.17. The lowest BCUT2D eigenvalue weighted by molar-refractivity contribution is -0.134. The molecule has 34 heavy (non-hydrogen) atoms. The molecule has 4 aromatic rings. The third-order valence-corrected chi connectivity index (χ3v) is 8.89. The lowest BCUT2D eigenvalue weighted by Gasteiger charge is -2.28. The van der Waals surface area contributed by atoms with Crippen molar-refractivity contribution < 1.29 is 13.2 Å². The zero-order valence-corrected chi connectivity index (χ0v) is 20.0. The van der Waals surface area contributed by atoms with Crippen LogP contribution in [0.1, 0.15) is 12.0 Å². The van der Waals surface area contributed by atoms with E-state index < -0.39 is 15.9 Å². The summed E-state index contributed by atoms with van der Waals surface area (Å²) in [6.45, 7) is 0.0998. The molecule has 0 N–H and O–H groups in total. The molecule has 0 saturated carbocycles. The number of amides is 1. The van der Waals surface area contributed by atoms with E-state index in [-0.39, 0.29) is 29.5 Å². The quantitative estimate of drug-likeness (QED) is 0.411. The number of benzene rings is 2. The van der Waals surface area contributed by atoms with E-state index in [0.717, 1.165) is 16.0 Å². The lowest BCUT2D eigenvalue weighted by atomic mass is 10.1. The minimum atomic E-state index is -3.17. The third-order valence-electron chi connectivity index (χ3n) is 6.05. The van der Waals surface area contributed by atoms with E-state index in [9.17, 15) is 18.0 Å². The van der Waals surface area contributed by atoms with Gasteiger partial charge in [-0.25, -0.2) is 13.4 Å². The van der Waals surface area contributed by atoms with Gasteiger partial charge in [0.05, 0.1) is 23.2 Å². The summed E-state index contributed by atoms with van der Waals surface area (Å²) in [5.41, 5.74) is 1.63. The predicted molar refractivity (Wildman–Crippen MR) is 133 cm³/mol. The van der Waals surface area contributed by atoms with Crippen molar-refractivity contribution in [3.63, 3.8) is 0 Å². The lowest BCUT2D eigenvalue weighted by Crippen LogP contribution is -2.43. The molecule has 5 rings (SSSR count). The normalized spacial score (nSPS) is 17.1. The number of sulfone groups is 1. The second-order valence-corrected chi connectivity index (χ2v) is 11.7. The Morgan fingerprint density at radius 2 is 1.79 bits per heavy atom. The highest BCUT2D eigenvalue weighted by molar-refractivity contribution is 7.91. The second-order valence-electron chi connectivity index (χ2n) is 8.44. The van der Waals surface area contributed by atoms with Gasteiger partial charge in [-0.3, -0.25) is 14.2 Å². The molecular weight excluding hydrogens is 470 g/mol. The molecule has 0 unspecified atom stereocenters. The molecule has 2 aromatic carbocycles. The molecular formula is C25H23N3O4S2. The molecule has 3 heterocycles. The first-order valence-corrected chi connectivity index (χ1v) is 13.6. The van der Waals surface area contributed by atoms with E-state index in [1.807, 2.05) is 66.7 Å². The number of carbonyl (C=O) groups is 1. The third kappa shape index (κ3) is 4.67. The minimum Gasteiger partial charge on any atom is -0.333 e. The first-order chi connectivity index (χ1) is 16.4. The van der Waals surface area contributed by atoms with Crippen molar-refractivity contribution in [2.75, 3.05) is 11.5 Å². The van der Waals surface area contributed by atoms with Gasteiger partial charge in [0.15, 0.2) is 9.84 Å². The van der Waals surface area contributed by atoms with Crippen LogP contribution in [0.4, 0.5) is 0 Å². The molecule has 0 spiro atoms. The molecule has 2 aromatic heterocycles. The average molecular weight is 494 g/mol. The van der Waals surface area contributed by atoms with Gasteiger partial charge in [-0.1, -0.05) is 60.7 Å². The number of hydrogen-bond donors (Lipinski definition) is 0. The fraction of sp³-hybridized carbons (Fsp3) is 0.240. The summed E-state index contributed by atoms with van der Waals surface area (Å²) in [6.07, 6.45) is 1.80. The Kier molecular flexibility index (Phi) is 6.05. The van der Waals surface area contributed by atoms with Crippen LogP contribution in [0.5, 0.6) is 0 Å². The topological polar surface area (TPSA) is 89.3 Å². The van der Waals surface area contributed by atoms with Crippen LogP contribution in [-0.4, -0.2) is 46.3 Å². The highest BCUT2D eigenvalue weighted by Crippen LogP contribution is 2.30. The van der Waals surface area contributed by atoms with Gasteiger partial charge in [0, 0.05) is 17.5 Å². The van der Waals surface area contributed by atoms with Crippen molar-refractivity contribution in [3.8, 4) is 10.4 Å². The van der Waals surface area contributed by atoms with Gasteiger partial charge >= 0.3 is 0 Å². The summed E-state index contributed by atoms with van der Waals surface area (Å²) in [5, 5.41) is 0.470. The predicted octanol–water partition coefficient (Wildman–Crippen LogP) is 3.34. The smallest absolute Gasteiger partial charge is 0.262 e. The first-order valence-electron chi connectivity index (χ1n) is 11.0. The molecule has 1 atom stereocenters. The maximum atomic E-state index is 13.4. The van der Waals surface area contributed by atoms with Crippen molar-refractivity contribution in [2.45, 2.75) is 25.6 Å². The molecule has 1 aliphatic rings. The number of hydrogen-bond acceptors (Lipinski definition) is 6. The molecule has 0 radical (unpaired) electrons. The van der Waals surface area contributed by atoms with Crippen LogP contribution in [0.25, 0.3) is 20.7 Å². The van der Waals surface area contributed by atoms with Gasteiger partial charge in [-0.05, 0) is 23.6 Å². The Bertz CT molecular complexity index is 1500. The molecule has 7 nitrogen and oxygen atoms in total. The molecule has 9 heteroatoms. The number of rotatable bonds is 6. The Labute approximate surface area is 201 Å². The monoisotopic (exact) mass is 493 g/mol. The maximum absolute atomic E-state index is 13.4. The summed E-state index contributed by atoms with van der Waals surface area (Å²) in [5.74, 6) is -0.281. The van der Waals surface area contributed by atoms with E-state index in [2.05, 4.69) is 4.98 Å². The molecule has 1 aliphatic heterocycles. The fourth-order valence-corrected chi connectivity index (χ4v) is 7.00. The average Bonchev–Trinajstić information content (AvgIpc) is 3.44. The molecule has 0 aliphatic carbocycles. The summed E-state index contributed by atoms with van der Waals surface area (Å²) >= 11 is 1.43. The first kappa shape index (κ1) is 22.5. The van der Waals surface area contributed by atoms with Crippen LogP contribution in [0, 0.1) is 0 Å². The zero-order valence-electron chi connectivity index (χ0n) is 18.3. The highest BCUT2D eigenvalue weighted by atomic mass is 32.2. The molecule has 174 valence electrons. The number of fused-ring (bicyclic) bond motifs is 1. The second kappa shape index (κ2) is 9.15. The van der Waals surface area contributed by atoms with Crippen molar-refractivity contribution in [3.05, 3.63) is 89.0 Å². The SMILES string of the molecule is O=C(Cn1cnc2sc(-c3ccccc3)cc2c1=O)N(Cc1ccccc1)[C@H]1CCS(=O)(=O)C1. The van der Waals surface area contributed by atoms with Crippen LogP contribution in [-0.2, 0) is 27.7 Å². The van der Waals surface area contributed by atoms with Crippen LogP contribution in [0.3, 0.4) is 0 Å². The van der Waals surface area contributed by atoms with Gasteiger partial charge in [-0.15, -0.1) is 11.3 Å². The maximum Gasteiger partial charge on any atom is 0.262 e. The van der Waals surface area contributed by atoms with E-state index >= 15 is 0 Å². The van der Waals surface area contributed by atoms with Crippen LogP contribution >= 0.6 is 11.3 Å². The molecule has 1 saturated heterocycles. The largest absolute Gasteiger partial charge is 0.333 e. The van der Waals surface area contributed by atoms with E-state index in [1.165, 1.54) is 22.2 Å². The van der Waals surface area contributed by atoms with Crippen LogP contribution in [0.2, 0.25) is 0 Å². The van der Waals surface area contributed by atoms with Gasteiger partial charge in [0.2, 0.25) is 5.91 Å². The Hall–Kier alpha value is -3.30.